The van der Waals surface area contributed by atoms with Crippen LogP contribution in [0.2, 0.25) is 0 Å². The summed E-state index contributed by atoms with van der Waals surface area (Å²) in [6.45, 7) is 3.15. The van der Waals surface area contributed by atoms with Gasteiger partial charge in [0.1, 0.15) is 0 Å². The minimum atomic E-state index is -0.731. The largest absolute Gasteiger partial charge is 0.203 e. The quantitative estimate of drug-likeness (QED) is 0.609. The van der Waals surface area contributed by atoms with Crippen LogP contribution in [0.4, 0.5) is 8.78 Å². The summed E-state index contributed by atoms with van der Waals surface area (Å²) in [6, 6.07) is 1.67. The van der Waals surface area contributed by atoms with Crippen molar-refractivity contribution < 1.29 is 8.78 Å². The van der Waals surface area contributed by atoms with E-state index in [2.05, 4.69) is 0 Å². The lowest BCUT2D eigenvalue weighted by atomic mass is 10.1. The minimum absolute atomic E-state index is 0.363. The summed E-state index contributed by atoms with van der Waals surface area (Å²) >= 11 is 1.43. The summed E-state index contributed by atoms with van der Waals surface area (Å²) in [4.78, 5) is 0.798. The van der Waals surface area contributed by atoms with Crippen LogP contribution < -0.4 is 0 Å². The summed E-state index contributed by atoms with van der Waals surface area (Å²) < 4.78 is 26.0. The van der Waals surface area contributed by atoms with E-state index in [9.17, 15) is 8.78 Å². The van der Waals surface area contributed by atoms with E-state index in [1.807, 2.05) is 6.26 Å². The van der Waals surface area contributed by atoms with E-state index >= 15 is 0 Å². The van der Waals surface area contributed by atoms with Crippen LogP contribution in [0.3, 0.4) is 0 Å². The van der Waals surface area contributed by atoms with Crippen LogP contribution in [0, 0.1) is 25.5 Å². The average Bonchev–Trinajstić information content (AvgIpc) is 2.08. The first-order chi connectivity index (χ1) is 5.57. The van der Waals surface area contributed by atoms with Gasteiger partial charge in [-0.3, -0.25) is 0 Å². The van der Waals surface area contributed by atoms with Crippen molar-refractivity contribution in [2.45, 2.75) is 18.7 Å². The van der Waals surface area contributed by atoms with Crippen LogP contribution in [-0.4, -0.2) is 6.26 Å². The molecule has 0 unspecified atom stereocenters. The van der Waals surface area contributed by atoms with E-state index in [4.69, 9.17) is 0 Å². The number of hydrogen-bond acceptors (Lipinski definition) is 1. The van der Waals surface area contributed by atoms with Crippen molar-refractivity contribution in [3.8, 4) is 0 Å². The summed E-state index contributed by atoms with van der Waals surface area (Å²) in [7, 11) is 0. The van der Waals surface area contributed by atoms with Crippen LogP contribution in [0.5, 0.6) is 0 Å². The monoisotopic (exact) mass is 188 g/mol. The summed E-state index contributed by atoms with van der Waals surface area (Å²) in [5.74, 6) is -1.45. The molecule has 0 nitrogen and oxygen atoms in total. The zero-order valence-electron chi connectivity index (χ0n) is 7.24. The number of halogens is 2. The Morgan fingerprint density at radius 1 is 1.17 bits per heavy atom. The van der Waals surface area contributed by atoms with Gasteiger partial charge in [0.05, 0.1) is 0 Å². The third kappa shape index (κ3) is 1.46. The molecule has 0 fully saturated rings. The number of hydrogen-bond donors (Lipinski definition) is 0. The molecule has 0 amide bonds. The number of aryl methyl sites for hydroxylation is 1. The van der Waals surface area contributed by atoms with Crippen molar-refractivity contribution in [3.63, 3.8) is 0 Å². The van der Waals surface area contributed by atoms with Gasteiger partial charge in [-0.15, -0.1) is 11.8 Å². The van der Waals surface area contributed by atoms with Gasteiger partial charge in [0.25, 0.3) is 0 Å². The van der Waals surface area contributed by atoms with Gasteiger partial charge in [-0.2, -0.15) is 0 Å². The van der Waals surface area contributed by atoms with Crippen LogP contribution >= 0.6 is 11.8 Å². The SMILES string of the molecule is CSc1cc(C)c(F)c(F)c1C. The van der Waals surface area contributed by atoms with Crippen molar-refractivity contribution in [3.05, 3.63) is 28.8 Å². The molecule has 3 heteroatoms. The standard InChI is InChI=1S/C9H10F2S/c1-5-4-7(12-3)6(2)9(11)8(5)10/h4H,1-3H3. The van der Waals surface area contributed by atoms with E-state index in [0.29, 0.717) is 11.1 Å². The molecule has 0 bridgehead atoms. The van der Waals surface area contributed by atoms with Gasteiger partial charge in [0.2, 0.25) is 0 Å². The van der Waals surface area contributed by atoms with Crippen LogP contribution in [0.25, 0.3) is 0 Å². The van der Waals surface area contributed by atoms with Crippen molar-refractivity contribution in [2.24, 2.45) is 0 Å². The Bertz CT molecular complexity index is 308. The van der Waals surface area contributed by atoms with Crippen LogP contribution in [0.1, 0.15) is 11.1 Å². The summed E-state index contributed by atoms with van der Waals surface area (Å²) in [6.07, 6.45) is 1.85. The minimum Gasteiger partial charge on any atom is -0.203 e. The molecule has 0 atom stereocenters. The fourth-order valence-electron chi connectivity index (χ4n) is 1.03. The van der Waals surface area contributed by atoms with E-state index in [1.165, 1.54) is 11.8 Å². The highest BCUT2D eigenvalue weighted by Crippen LogP contribution is 2.26. The maximum atomic E-state index is 13.1. The summed E-state index contributed by atoms with van der Waals surface area (Å²) in [5.41, 5.74) is 0.757. The second-order valence-electron chi connectivity index (χ2n) is 2.65. The Morgan fingerprint density at radius 2 is 1.75 bits per heavy atom. The number of benzene rings is 1. The molecule has 1 aromatic carbocycles. The lowest BCUT2D eigenvalue weighted by Gasteiger charge is -2.06. The topological polar surface area (TPSA) is 0 Å². The lowest BCUT2D eigenvalue weighted by molar-refractivity contribution is 0.494. The number of rotatable bonds is 1. The third-order valence-corrected chi connectivity index (χ3v) is 2.67. The maximum absolute atomic E-state index is 13.1. The Kier molecular flexibility index (Phi) is 2.73. The normalized spacial score (nSPS) is 10.4. The molecule has 0 saturated heterocycles. The van der Waals surface area contributed by atoms with Gasteiger partial charge in [-0.1, -0.05) is 0 Å². The molecule has 0 aliphatic carbocycles. The van der Waals surface area contributed by atoms with Gasteiger partial charge in [0.15, 0.2) is 11.6 Å². The molecule has 0 spiro atoms. The zero-order valence-corrected chi connectivity index (χ0v) is 8.06. The average molecular weight is 188 g/mol. The highest BCUT2D eigenvalue weighted by Gasteiger charge is 2.11. The molecule has 0 N–H and O–H groups in total. The summed E-state index contributed by atoms with van der Waals surface area (Å²) in [5, 5.41) is 0. The van der Waals surface area contributed by atoms with Crippen molar-refractivity contribution in [1.82, 2.24) is 0 Å². The second-order valence-corrected chi connectivity index (χ2v) is 3.50. The predicted molar refractivity (Wildman–Crippen MR) is 47.6 cm³/mol. The molecular weight excluding hydrogens is 178 g/mol. The van der Waals surface area contributed by atoms with Crippen LogP contribution in [0.15, 0.2) is 11.0 Å². The molecule has 1 aromatic rings. The van der Waals surface area contributed by atoms with Crippen LogP contribution in [-0.2, 0) is 0 Å². The van der Waals surface area contributed by atoms with Gasteiger partial charge >= 0.3 is 0 Å². The highest BCUT2D eigenvalue weighted by atomic mass is 32.2. The molecule has 1 rings (SSSR count). The van der Waals surface area contributed by atoms with E-state index in [1.54, 1.807) is 19.9 Å². The van der Waals surface area contributed by atoms with Gasteiger partial charge in [0, 0.05) is 10.5 Å². The Balaban J connectivity index is 3.39. The van der Waals surface area contributed by atoms with Gasteiger partial charge < -0.3 is 0 Å². The Labute approximate surface area is 75.0 Å². The van der Waals surface area contributed by atoms with Crippen molar-refractivity contribution in [2.75, 3.05) is 6.26 Å². The molecule has 66 valence electrons. The molecule has 0 aliphatic rings. The first-order valence-corrected chi connectivity index (χ1v) is 4.79. The molecule has 12 heavy (non-hydrogen) atoms. The third-order valence-electron chi connectivity index (χ3n) is 1.81. The molecular formula is C9H10F2S. The maximum Gasteiger partial charge on any atom is 0.163 e. The molecule has 0 radical (unpaired) electrons. The molecule has 0 saturated carbocycles. The highest BCUT2D eigenvalue weighted by molar-refractivity contribution is 7.98. The first-order valence-electron chi connectivity index (χ1n) is 3.57. The lowest BCUT2D eigenvalue weighted by Crippen LogP contribution is -1.94. The fourth-order valence-corrected chi connectivity index (χ4v) is 1.72. The smallest absolute Gasteiger partial charge is 0.163 e. The first kappa shape index (κ1) is 9.52. The van der Waals surface area contributed by atoms with Gasteiger partial charge in [-0.05, 0) is 31.7 Å². The van der Waals surface area contributed by atoms with Crippen molar-refractivity contribution >= 4 is 11.8 Å². The molecule has 0 aromatic heterocycles. The number of thioether (sulfide) groups is 1. The van der Waals surface area contributed by atoms with E-state index < -0.39 is 11.6 Å². The Morgan fingerprint density at radius 3 is 2.25 bits per heavy atom. The molecule has 0 heterocycles. The van der Waals surface area contributed by atoms with E-state index in [0.717, 1.165) is 4.90 Å². The fraction of sp³-hybridized carbons (Fsp3) is 0.333. The second kappa shape index (κ2) is 3.44. The van der Waals surface area contributed by atoms with E-state index in [-0.39, 0.29) is 0 Å². The zero-order chi connectivity index (χ0) is 9.30. The molecule has 0 aliphatic heterocycles. The van der Waals surface area contributed by atoms with Gasteiger partial charge in [-0.25, -0.2) is 8.78 Å². The Hall–Kier alpha value is -0.570. The van der Waals surface area contributed by atoms with Crippen molar-refractivity contribution in [1.29, 1.82) is 0 Å². The predicted octanol–water partition coefficient (Wildman–Crippen LogP) is 3.30.